The first-order valence-corrected chi connectivity index (χ1v) is 11.7. The van der Waals surface area contributed by atoms with Crippen LogP contribution >= 0.6 is 23.4 Å². The number of aliphatic imine (C=N–C) groups is 1. The van der Waals surface area contributed by atoms with Gasteiger partial charge in [0.05, 0.1) is 31.2 Å². The molecule has 0 aliphatic carbocycles. The lowest BCUT2D eigenvalue weighted by molar-refractivity contribution is 0.415. The van der Waals surface area contributed by atoms with E-state index in [0.29, 0.717) is 17.3 Å². The Labute approximate surface area is 172 Å². The fraction of sp³-hybridized carbons (Fsp3) is 0.316. The molecule has 2 aromatic carbocycles. The first-order chi connectivity index (χ1) is 13.3. The lowest BCUT2D eigenvalue weighted by Crippen LogP contribution is -2.28. The molecule has 0 unspecified atom stereocenters. The van der Waals surface area contributed by atoms with E-state index in [1.165, 1.54) is 23.9 Å². The van der Waals surface area contributed by atoms with Crippen LogP contribution in [0.4, 0.5) is 10.1 Å². The first kappa shape index (κ1) is 19.5. The van der Waals surface area contributed by atoms with Gasteiger partial charge in [0.25, 0.3) is 0 Å². The SMILES string of the molecule is COc1cccc(N(Cc2ccc(F)cc2Cl)C2=N[C@H]3CS(=O)(=O)C[C@H]3S2)c1. The second kappa shape index (κ2) is 7.57. The summed E-state index contributed by atoms with van der Waals surface area (Å²) in [6.07, 6.45) is 0. The van der Waals surface area contributed by atoms with Gasteiger partial charge in [-0.2, -0.15) is 0 Å². The van der Waals surface area contributed by atoms with Crippen LogP contribution in [0.5, 0.6) is 5.75 Å². The van der Waals surface area contributed by atoms with Crippen LogP contribution in [0.1, 0.15) is 5.56 Å². The molecule has 2 atom stereocenters. The normalized spacial score (nSPS) is 22.6. The summed E-state index contributed by atoms with van der Waals surface area (Å²) in [7, 11) is -1.43. The molecule has 2 aromatic rings. The number of benzene rings is 2. The number of hydrogen-bond donors (Lipinski definition) is 0. The molecule has 148 valence electrons. The Morgan fingerprint density at radius 2 is 2.11 bits per heavy atom. The third kappa shape index (κ3) is 3.99. The summed E-state index contributed by atoms with van der Waals surface area (Å²) in [5.74, 6) is 0.517. The Balaban J connectivity index is 1.70. The Morgan fingerprint density at radius 3 is 2.82 bits per heavy atom. The summed E-state index contributed by atoms with van der Waals surface area (Å²) in [4.78, 5) is 6.66. The Hall–Kier alpha value is -1.77. The number of rotatable bonds is 4. The van der Waals surface area contributed by atoms with Crippen molar-refractivity contribution >= 4 is 44.1 Å². The predicted octanol–water partition coefficient (Wildman–Crippen LogP) is 3.76. The highest BCUT2D eigenvalue weighted by molar-refractivity contribution is 8.15. The van der Waals surface area contributed by atoms with Crippen LogP contribution in [0, 0.1) is 5.82 Å². The molecule has 2 heterocycles. The average Bonchev–Trinajstić information content (AvgIpc) is 3.14. The van der Waals surface area contributed by atoms with Gasteiger partial charge >= 0.3 is 0 Å². The lowest BCUT2D eigenvalue weighted by Gasteiger charge is -2.25. The van der Waals surface area contributed by atoms with Gasteiger partial charge in [-0.05, 0) is 29.8 Å². The lowest BCUT2D eigenvalue weighted by atomic mass is 10.2. The number of ether oxygens (including phenoxy) is 1. The Kier molecular flexibility index (Phi) is 5.28. The molecule has 0 spiro atoms. The number of sulfone groups is 1. The van der Waals surface area contributed by atoms with Gasteiger partial charge in [-0.3, -0.25) is 4.99 Å². The molecule has 0 bridgehead atoms. The van der Waals surface area contributed by atoms with Crippen LogP contribution in [0.25, 0.3) is 0 Å². The molecule has 9 heteroatoms. The standard InChI is InChI=1S/C19H18ClFN2O3S2/c1-26-15-4-2-3-14(8-15)23(9-12-5-6-13(21)7-16(12)20)19-22-17-10-28(24,25)11-18(17)27-19/h2-8,17-18H,9-11H2,1H3/t17-,18+/m0/s1. The summed E-state index contributed by atoms with van der Waals surface area (Å²) in [6, 6.07) is 11.6. The van der Waals surface area contributed by atoms with Crippen LogP contribution in [-0.2, 0) is 16.4 Å². The average molecular weight is 441 g/mol. The predicted molar refractivity (Wildman–Crippen MR) is 112 cm³/mol. The van der Waals surface area contributed by atoms with Crippen molar-refractivity contribution in [2.24, 2.45) is 4.99 Å². The van der Waals surface area contributed by atoms with Gasteiger partial charge in [-0.25, -0.2) is 12.8 Å². The van der Waals surface area contributed by atoms with E-state index in [2.05, 4.69) is 4.99 Å². The minimum absolute atomic E-state index is 0.0724. The zero-order valence-corrected chi connectivity index (χ0v) is 17.4. The maximum atomic E-state index is 13.4. The van der Waals surface area contributed by atoms with E-state index in [1.807, 2.05) is 29.2 Å². The molecule has 1 fully saturated rings. The third-order valence-electron chi connectivity index (χ3n) is 4.74. The summed E-state index contributed by atoms with van der Waals surface area (Å²) >= 11 is 7.71. The van der Waals surface area contributed by atoms with E-state index >= 15 is 0 Å². The largest absolute Gasteiger partial charge is 0.497 e. The molecule has 5 nitrogen and oxygen atoms in total. The van der Waals surface area contributed by atoms with Crippen LogP contribution in [0.2, 0.25) is 5.02 Å². The van der Waals surface area contributed by atoms with E-state index < -0.39 is 15.7 Å². The highest BCUT2D eigenvalue weighted by Crippen LogP contribution is 2.38. The Bertz CT molecular complexity index is 1050. The van der Waals surface area contributed by atoms with E-state index in [4.69, 9.17) is 16.3 Å². The van der Waals surface area contributed by atoms with Crippen LogP contribution in [-0.4, -0.2) is 43.5 Å². The third-order valence-corrected chi connectivity index (χ3v) is 8.34. The monoisotopic (exact) mass is 440 g/mol. The van der Waals surface area contributed by atoms with Crippen molar-refractivity contribution in [3.05, 3.63) is 58.9 Å². The van der Waals surface area contributed by atoms with Gasteiger partial charge < -0.3 is 9.64 Å². The number of amidine groups is 1. The number of nitrogens with zero attached hydrogens (tertiary/aromatic N) is 2. The number of halogens is 2. The van der Waals surface area contributed by atoms with Gasteiger partial charge in [0.1, 0.15) is 11.6 Å². The fourth-order valence-corrected chi connectivity index (χ4v) is 7.35. The van der Waals surface area contributed by atoms with Gasteiger partial charge in [-0.1, -0.05) is 35.5 Å². The highest BCUT2D eigenvalue weighted by Gasteiger charge is 2.44. The molecular formula is C19H18ClFN2O3S2. The number of methoxy groups -OCH3 is 1. The molecule has 0 amide bonds. The first-order valence-electron chi connectivity index (χ1n) is 8.65. The van der Waals surface area contributed by atoms with E-state index in [-0.39, 0.29) is 22.8 Å². The fourth-order valence-electron chi connectivity index (χ4n) is 3.34. The minimum Gasteiger partial charge on any atom is -0.497 e. The molecule has 0 N–H and O–H groups in total. The van der Waals surface area contributed by atoms with Gasteiger partial charge in [0, 0.05) is 22.0 Å². The Morgan fingerprint density at radius 1 is 1.29 bits per heavy atom. The summed E-state index contributed by atoms with van der Waals surface area (Å²) < 4.78 is 42.5. The maximum absolute atomic E-state index is 13.4. The number of thioether (sulfide) groups is 1. The second-order valence-corrected chi connectivity index (χ2v) is 10.5. The molecule has 0 radical (unpaired) electrons. The van der Waals surface area contributed by atoms with E-state index in [1.54, 1.807) is 13.2 Å². The number of anilines is 1. The molecule has 0 aromatic heterocycles. The van der Waals surface area contributed by atoms with Gasteiger partial charge in [0.15, 0.2) is 15.0 Å². The summed E-state index contributed by atoms with van der Waals surface area (Å²) in [5.41, 5.74) is 1.59. The minimum atomic E-state index is -3.03. The molecule has 2 aliphatic heterocycles. The van der Waals surface area contributed by atoms with Crippen molar-refractivity contribution in [1.29, 1.82) is 0 Å². The van der Waals surface area contributed by atoms with Crippen molar-refractivity contribution in [3.63, 3.8) is 0 Å². The quantitative estimate of drug-likeness (QED) is 0.724. The zero-order chi connectivity index (χ0) is 19.9. The van der Waals surface area contributed by atoms with Crippen LogP contribution in [0.3, 0.4) is 0 Å². The number of hydrogen-bond acceptors (Lipinski definition) is 6. The van der Waals surface area contributed by atoms with Crippen molar-refractivity contribution in [1.82, 2.24) is 0 Å². The molecule has 28 heavy (non-hydrogen) atoms. The van der Waals surface area contributed by atoms with E-state index in [0.717, 1.165) is 16.4 Å². The van der Waals surface area contributed by atoms with Crippen LogP contribution in [0.15, 0.2) is 47.5 Å². The zero-order valence-electron chi connectivity index (χ0n) is 15.0. The summed E-state index contributed by atoms with van der Waals surface area (Å²) in [6.45, 7) is 0.379. The van der Waals surface area contributed by atoms with Crippen molar-refractivity contribution in [2.45, 2.75) is 17.8 Å². The van der Waals surface area contributed by atoms with E-state index in [9.17, 15) is 12.8 Å². The van der Waals surface area contributed by atoms with Crippen molar-refractivity contribution in [3.8, 4) is 5.75 Å². The highest BCUT2D eigenvalue weighted by atomic mass is 35.5. The van der Waals surface area contributed by atoms with Crippen molar-refractivity contribution in [2.75, 3.05) is 23.5 Å². The topological polar surface area (TPSA) is 59.0 Å². The molecule has 4 rings (SSSR count). The molecule has 2 aliphatic rings. The molecule has 0 saturated carbocycles. The van der Waals surface area contributed by atoms with Crippen molar-refractivity contribution < 1.29 is 17.5 Å². The van der Waals surface area contributed by atoms with Crippen LogP contribution < -0.4 is 9.64 Å². The summed E-state index contributed by atoms with van der Waals surface area (Å²) in [5, 5.41) is 0.995. The maximum Gasteiger partial charge on any atom is 0.164 e. The smallest absolute Gasteiger partial charge is 0.164 e. The van der Waals surface area contributed by atoms with Gasteiger partial charge in [-0.15, -0.1) is 0 Å². The second-order valence-electron chi connectivity index (χ2n) is 6.74. The molecule has 1 saturated heterocycles. The molecular weight excluding hydrogens is 423 g/mol. The number of fused-ring (bicyclic) bond motifs is 1. The van der Waals surface area contributed by atoms with Gasteiger partial charge in [0.2, 0.25) is 0 Å².